The monoisotopic (exact) mass is 470 g/mol. The van der Waals surface area contributed by atoms with Crippen molar-refractivity contribution < 1.29 is 27.4 Å². The number of rotatable bonds is 6. The quantitative estimate of drug-likeness (QED) is 0.396. The molecule has 2 aromatic carbocycles. The molecule has 2 heterocycles. The molecule has 0 aliphatic rings. The second-order valence-corrected chi connectivity index (χ2v) is 6.85. The van der Waals surface area contributed by atoms with Gasteiger partial charge in [-0.3, -0.25) is 4.57 Å². The Labute approximate surface area is 191 Å². The number of nitrogens with one attached hydrogen (secondary N) is 2. The van der Waals surface area contributed by atoms with Crippen LogP contribution in [0.25, 0.3) is 5.82 Å². The number of urea groups is 1. The van der Waals surface area contributed by atoms with E-state index < -0.39 is 12.4 Å². The van der Waals surface area contributed by atoms with Crippen molar-refractivity contribution in [1.82, 2.24) is 19.7 Å². The first-order chi connectivity index (χ1) is 16.2. The SMILES string of the molecule is Cc1nccn1-c1ccc(Oc2ccc(NC(=O)Nc3ccc(OC(F)(F)F)cc3)cc2)nn1. The topological polar surface area (TPSA) is 103 Å². The molecule has 0 bridgehead atoms. The number of carbonyl (C=O) groups excluding carboxylic acids is 1. The zero-order valence-electron chi connectivity index (χ0n) is 17.6. The maximum Gasteiger partial charge on any atom is 0.573 e. The van der Waals surface area contributed by atoms with Crippen molar-refractivity contribution in [2.75, 3.05) is 10.6 Å². The van der Waals surface area contributed by atoms with E-state index in [1.807, 2.05) is 6.92 Å². The molecule has 0 aliphatic carbocycles. The number of nitrogens with zero attached hydrogens (tertiary/aromatic N) is 4. The lowest BCUT2D eigenvalue weighted by Crippen LogP contribution is -2.19. The van der Waals surface area contributed by atoms with E-state index >= 15 is 0 Å². The van der Waals surface area contributed by atoms with Crippen molar-refractivity contribution in [2.45, 2.75) is 13.3 Å². The smallest absolute Gasteiger partial charge is 0.438 e. The molecular weight excluding hydrogens is 453 g/mol. The molecule has 4 aromatic rings. The third-order valence-corrected chi connectivity index (χ3v) is 4.38. The highest BCUT2D eigenvalue weighted by Gasteiger charge is 2.30. The van der Waals surface area contributed by atoms with E-state index in [4.69, 9.17) is 4.74 Å². The molecule has 0 radical (unpaired) electrons. The van der Waals surface area contributed by atoms with E-state index in [2.05, 4.69) is 30.6 Å². The second-order valence-electron chi connectivity index (χ2n) is 6.85. The van der Waals surface area contributed by atoms with Gasteiger partial charge in [0.25, 0.3) is 0 Å². The number of aryl methyl sites for hydroxylation is 1. The first-order valence-electron chi connectivity index (χ1n) is 9.81. The molecule has 0 aliphatic heterocycles. The molecule has 34 heavy (non-hydrogen) atoms. The van der Waals surface area contributed by atoms with Gasteiger partial charge >= 0.3 is 12.4 Å². The number of imidazole rings is 1. The Morgan fingerprint density at radius 3 is 2.00 bits per heavy atom. The van der Waals surface area contributed by atoms with Gasteiger partial charge in [-0.2, -0.15) is 0 Å². The number of hydrogen-bond acceptors (Lipinski definition) is 6. The van der Waals surface area contributed by atoms with Crippen molar-refractivity contribution in [3.63, 3.8) is 0 Å². The van der Waals surface area contributed by atoms with Gasteiger partial charge in [0.15, 0.2) is 5.82 Å². The predicted molar refractivity (Wildman–Crippen MR) is 116 cm³/mol. The minimum atomic E-state index is -4.78. The van der Waals surface area contributed by atoms with E-state index in [1.54, 1.807) is 53.4 Å². The number of carbonyl (C=O) groups is 1. The van der Waals surface area contributed by atoms with Gasteiger partial charge in [-0.1, -0.05) is 0 Å². The lowest BCUT2D eigenvalue weighted by atomic mass is 10.3. The first-order valence-corrected chi connectivity index (χ1v) is 9.81. The number of anilines is 2. The lowest BCUT2D eigenvalue weighted by molar-refractivity contribution is -0.274. The molecule has 9 nitrogen and oxygen atoms in total. The zero-order chi connectivity index (χ0) is 24.1. The summed E-state index contributed by atoms with van der Waals surface area (Å²) < 4.78 is 47.9. The van der Waals surface area contributed by atoms with Gasteiger partial charge in [-0.15, -0.1) is 23.4 Å². The van der Waals surface area contributed by atoms with Crippen molar-refractivity contribution in [3.05, 3.63) is 78.9 Å². The molecule has 4 rings (SSSR count). The van der Waals surface area contributed by atoms with Gasteiger partial charge in [0.05, 0.1) is 0 Å². The molecule has 2 N–H and O–H groups in total. The molecule has 12 heteroatoms. The van der Waals surface area contributed by atoms with Crippen LogP contribution in [0, 0.1) is 6.92 Å². The minimum absolute atomic E-state index is 0.290. The van der Waals surface area contributed by atoms with Gasteiger partial charge in [0, 0.05) is 29.8 Å². The summed E-state index contributed by atoms with van der Waals surface area (Å²) in [6.45, 7) is 1.85. The summed E-state index contributed by atoms with van der Waals surface area (Å²) in [6.07, 6.45) is -1.34. The van der Waals surface area contributed by atoms with Crippen LogP contribution in [0.4, 0.5) is 29.3 Å². The summed E-state index contributed by atoms with van der Waals surface area (Å²) in [6, 6.07) is 14.1. The summed E-state index contributed by atoms with van der Waals surface area (Å²) in [5.41, 5.74) is 0.763. The summed E-state index contributed by atoms with van der Waals surface area (Å²) in [5.74, 6) is 1.77. The van der Waals surface area contributed by atoms with Gasteiger partial charge in [-0.05, 0) is 61.5 Å². The van der Waals surface area contributed by atoms with Gasteiger partial charge < -0.3 is 20.1 Å². The van der Waals surface area contributed by atoms with Crippen molar-refractivity contribution in [3.8, 4) is 23.2 Å². The fraction of sp³-hybridized carbons (Fsp3) is 0.0909. The van der Waals surface area contributed by atoms with Crippen LogP contribution in [0.15, 0.2) is 73.1 Å². The lowest BCUT2D eigenvalue weighted by Gasteiger charge is -2.11. The third-order valence-electron chi connectivity index (χ3n) is 4.38. The number of ether oxygens (including phenoxy) is 2. The van der Waals surface area contributed by atoms with Gasteiger partial charge in [-0.25, -0.2) is 9.78 Å². The Morgan fingerprint density at radius 1 is 0.882 bits per heavy atom. The van der Waals surface area contributed by atoms with Crippen LogP contribution in [0.1, 0.15) is 5.82 Å². The molecule has 2 aromatic heterocycles. The van der Waals surface area contributed by atoms with Gasteiger partial charge in [0.1, 0.15) is 17.3 Å². The molecule has 0 spiro atoms. The second kappa shape index (κ2) is 9.48. The van der Waals surface area contributed by atoms with E-state index in [1.165, 1.54) is 12.1 Å². The van der Waals surface area contributed by atoms with Crippen molar-refractivity contribution >= 4 is 17.4 Å². The number of aromatic nitrogens is 4. The zero-order valence-corrected chi connectivity index (χ0v) is 17.6. The van der Waals surface area contributed by atoms with Crippen LogP contribution >= 0.6 is 0 Å². The van der Waals surface area contributed by atoms with Crippen LogP contribution in [-0.2, 0) is 0 Å². The number of halogens is 3. The Hall–Kier alpha value is -4.61. The largest absolute Gasteiger partial charge is 0.573 e. The highest BCUT2D eigenvalue weighted by atomic mass is 19.4. The Kier molecular flexibility index (Phi) is 6.30. The van der Waals surface area contributed by atoms with Gasteiger partial charge in [0.2, 0.25) is 5.88 Å². The number of hydrogen-bond donors (Lipinski definition) is 2. The maximum absolute atomic E-state index is 12.2. The highest BCUT2D eigenvalue weighted by molar-refractivity contribution is 5.99. The molecular formula is C22H17F3N6O3. The average molecular weight is 470 g/mol. The van der Waals surface area contributed by atoms with Crippen molar-refractivity contribution in [1.29, 1.82) is 0 Å². The summed E-state index contributed by atoms with van der Waals surface area (Å²) in [5, 5.41) is 13.3. The summed E-state index contributed by atoms with van der Waals surface area (Å²) in [7, 11) is 0. The molecule has 0 fully saturated rings. The fourth-order valence-corrected chi connectivity index (χ4v) is 2.88. The molecule has 2 amide bonds. The van der Waals surface area contributed by atoms with E-state index in [0.29, 0.717) is 22.9 Å². The average Bonchev–Trinajstić information content (AvgIpc) is 3.22. The number of amides is 2. The molecule has 0 unspecified atom stereocenters. The predicted octanol–water partition coefficient (Wildman–Crippen LogP) is 5.31. The molecule has 174 valence electrons. The van der Waals surface area contributed by atoms with E-state index in [-0.39, 0.29) is 11.6 Å². The Bertz CT molecular complexity index is 1260. The molecule has 0 saturated carbocycles. The number of benzene rings is 2. The molecule has 0 saturated heterocycles. The van der Waals surface area contributed by atoms with Crippen LogP contribution in [-0.4, -0.2) is 32.1 Å². The third kappa shape index (κ3) is 6.00. The van der Waals surface area contributed by atoms with Crippen LogP contribution in [0.2, 0.25) is 0 Å². The highest BCUT2D eigenvalue weighted by Crippen LogP contribution is 2.25. The number of alkyl halides is 3. The van der Waals surface area contributed by atoms with Crippen LogP contribution < -0.4 is 20.1 Å². The van der Waals surface area contributed by atoms with Crippen LogP contribution in [0.5, 0.6) is 17.4 Å². The Balaban J connectivity index is 1.30. The van der Waals surface area contributed by atoms with Crippen molar-refractivity contribution in [2.24, 2.45) is 0 Å². The van der Waals surface area contributed by atoms with Crippen LogP contribution in [0.3, 0.4) is 0 Å². The summed E-state index contributed by atoms with van der Waals surface area (Å²) >= 11 is 0. The maximum atomic E-state index is 12.2. The Morgan fingerprint density at radius 2 is 1.50 bits per heavy atom. The molecule has 0 atom stereocenters. The summed E-state index contributed by atoms with van der Waals surface area (Å²) in [4.78, 5) is 16.3. The fourth-order valence-electron chi connectivity index (χ4n) is 2.88. The van der Waals surface area contributed by atoms with E-state index in [0.717, 1.165) is 18.0 Å². The van der Waals surface area contributed by atoms with E-state index in [9.17, 15) is 18.0 Å². The standard InChI is InChI=1S/C22H17F3N6O3/c1-14-26-12-13-31(14)19-10-11-20(30-29-19)33-17-6-2-15(3-7-17)27-21(32)28-16-4-8-18(9-5-16)34-22(23,24)25/h2-13H,1H3,(H2,27,28,32). The normalized spacial score (nSPS) is 11.1. The minimum Gasteiger partial charge on any atom is -0.438 e. The first kappa shape index (κ1) is 22.6.